The third-order valence-corrected chi connectivity index (χ3v) is 3.28. The van der Waals surface area contributed by atoms with Gasteiger partial charge in [-0.25, -0.2) is 0 Å². The predicted molar refractivity (Wildman–Crippen MR) is 64.8 cm³/mol. The van der Waals surface area contributed by atoms with Gasteiger partial charge in [-0.1, -0.05) is 12.1 Å². The van der Waals surface area contributed by atoms with E-state index < -0.39 is 0 Å². The van der Waals surface area contributed by atoms with Crippen molar-refractivity contribution in [2.24, 2.45) is 5.92 Å². The summed E-state index contributed by atoms with van der Waals surface area (Å²) in [5.74, 6) is 0.886. The van der Waals surface area contributed by atoms with Crippen LogP contribution in [0.2, 0.25) is 0 Å². The molecule has 2 nitrogen and oxygen atoms in total. The van der Waals surface area contributed by atoms with Crippen LogP contribution in [0.1, 0.15) is 18.4 Å². The molecule has 1 aromatic rings. The molecule has 1 aliphatic rings. The molecule has 0 saturated carbocycles. The summed E-state index contributed by atoms with van der Waals surface area (Å²) in [4.78, 5) is 2.42. The summed E-state index contributed by atoms with van der Waals surface area (Å²) in [7, 11) is 2.21. The molecule has 1 heterocycles. The van der Waals surface area contributed by atoms with E-state index in [1.165, 1.54) is 37.9 Å². The first-order valence-electron chi connectivity index (χ1n) is 5.77. The Kier molecular flexibility index (Phi) is 3.27. The maximum absolute atomic E-state index is 5.76. The highest BCUT2D eigenvalue weighted by molar-refractivity contribution is 5.40. The van der Waals surface area contributed by atoms with Crippen LogP contribution in [0.5, 0.6) is 0 Å². The normalized spacial score (nSPS) is 22.1. The molecule has 1 atom stereocenters. The number of nitrogens with zero attached hydrogens (tertiary/aromatic N) is 1. The van der Waals surface area contributed by atoms with Gasteiger partial charge in [0.25, 0.3) is 0 Å². The fourth-order valence-corrected chi connectivity index (χ4v) is 2.38. The molecular weight excluding hydrogens is 184 g/mol. The van der Waals surface area contributed by atoms with Gasteiger partial charge in [0.2, 0.25) is 0 Å². The topological polar surface area (TPSA) is 29.3 Å². The van der Waals surface area contributed by atoms with E-state index in [4.69, 9.17) is 5.73 Å². The second-order valence-corrected chi connectivity index (χ2v) is 4.70. The number of nitrogen functional groups attached to an aromatic ring is 1. The van der Waals surface area contributed by atoms with Crippen LogP contribution in [0.3, 0.4) is 0 Å². The van der Waals surface area contributed by atoms with Gasteiger partial charge in [-0.05, 0) is 56.5 Å². The van der Waals surface area contributed by atoms with Crippen molar-refractivity contribution in [3.05, 3.63) is 29.8 Å². The summed E-state index contributed by atoms with van der Waals surface area (Å²) in [5.41, 5.74) is 8.02. The highest BCUT2D eigenvalue weighted by atomic mass is 15.1. The molecule has 82 valence electrons. The zero-order valence-corrected chi connectivity index (χ0v) is 9.45. The molecular formula is C13H20N2. The first-order chi connectivity index (χ1) is 7.24. The molecule has 0 aromatic heterocycles. The molecule has 0 bridgehead atoms. The second kappa shape index (κ2) is 4.67. The summed E-state index contributed by atoms with van der Waals surface area (Å²) < 4.78 is 0. The van der Waals surface area contributed by atoms with Crippen molar-refractivity contribution in [3.8, 4) is 0 Å². The average Bonchev–Trinajstić information content (AvgIpc) is 2.62. The Morgan fingerprint density at radius 2 is 2.33 bits per heavy atom. The highest BCUT2D eigenvalue weighted by Crippen LogP contribution is 2.20. The summed E-state index contributed by atoms with van der Waals surface area (Å²) in [5, 5.41) is 0. The van der Waals surface area contributed by atoms with Crippen LogP contribution in [0, 0.1) is 5.92 Å². The van der Waals surface area contributed by atoms with Crippen molar-refractivity contribution >= 4 is 5.69 Å². The van der Waals surface area contributed by atoms with E-state index in [9.17, 15) is 0 Å². The summed E-state index contributed by atoms with van der Waals surface area (Å²) >= 11 is 0. The minimum atomic E-state index is 0.885. The van der Waals surface area contributed by atoms with Crippen LogP contribution in [-0.2, 0) is 6.42 Å². The fourth-order valence-electron chi connectivity index (χ4n) is 2.38. The number of hydrogen-bond donors (Lipinski definition) is 1. The fraction of sp³-hybridized carbons (Fsp3) is 0.538. The Balaban J connectivity index is 1.83. The van der Waals surface area contributed by atoms with Gasteiger partial charge in [0.05, 0.1) is 0 Å². The molecule has 2 rings (SSSR count). The van der Waals surface area contributed by atoms with Gasteiger partial charge in [0.1, 0.15) is 0 Å². The van der Waals surface area contributed by atoms with Crippen molar-refractivity contribution in [1.29, 1.82) is 0 Å². The molecule has 15 heavy (non-hydrogen) atoms. The van der Waals surface area contributed by atoms with Crippen LogP contribution in [0.25, 0.3) is 0 Å². The Bertz CT molecular complexity index is 322. The summed E-state index contributed by atoms with van der Waals surface area (Å²) in [6, 6.07) is 8.27. The Labute approximate surface area is 92.1 Å². The number of hydrogen-bond acceptors (Lipinski definition) is 2. The zero-order chi connectivity index (χ0) is 10.7. The molecule has 1 fully saturated rings. The number of aryl methyl sites for hydroxylation is 1. The van der Waals surface area contributed by atoms with Gasteiger partial charge < -0.3 is 10.6 Å². The van der Waals surface area contributed by atoms with E-state index >= 15 is 0 Å². The van der Waals surface area contributed by atoms with E-state index in [0.29, 0.717) is 0 Å². The van der Waals surface area contributed by atoms with Gasteiger partial charge in [0, 0.05) is 12.2 Å². The molecule has 1 saturated heterocycles. The minimum Gasteiger partial charge on any atom is -0.399 e. The first kappa shape index (κ1) is 10.5. The van der Waals surface area contributed by atoms with Crippen molar-refractivity contribution in [3.63, 3.8) is 0 Å². The third-order valence-electron chi connectivity index (χ3n) is 3.28. The van der Waals surface area contributed by atoms with Crippen LogP contribution < -0.4 is 5.73 Å². The van der Waals surface area contributed by atoms with Gasteiger partial charge >= 0.3 is 0 Å². The number of rotatable bonds is 3. The second-order valence-electron chi connectivity index (χ2n) is 4.70. The number of anilines is 1. The number of likely N-dealkylation sites (tertiary alicyclic amines) is 1. The van der Waals surface area contributed by atoms with Crippen LogP contribution in [-0.4, -0.2) is 25.0 Å². The van der Waals surface area contributed by atoms with Crippen LogP contribution >= 0.6 is 0 Å². The maximum atomic E-state index is 5.76. The average molecular weight is 204 g/mol. The lowest BCUT2D eigenvalue weighted by atomic mass is 9.99. The molecule has 2 N–H and O–H groups in total. The smallest absolute Gasteiger partial charge is 0.0316 e. The molecule has 1 unspecified atom stereocenters. The maximum Gasteiger partial charge on any atom is 0.0316 e. The van der Waals surface area contributed by atoms with E-state index in [2.05, 4.69) is 24.1 Å². The van der Waals surface area contributed by atoms with E-state index in [-0.39, 0.29) is 0 Å². The highest BCUT2D eigenvalue weighted by Gasteiger charge is 2.18. The number of nitrogens with two attached hydrogens (primary N) is 1. The summed E-state index contributed by atoms with van der Waals surface area (Å²) in [6.07, 6.45) is 3.83. The van der Waals surface area contributed by atoms with Crippen LogP contribution in [0.4, 0.5) is 5.69 Å². The van der Waals surface area contributed by atoms with Crippen LogP contribution in [0.15, 0.2) is 24.3 Å². The molecule has 0 aliphatic carbocycles. The van der Waals surface area contributed by atoms with Crippen molar-refractivity contribution in [2.45, 2.75) is 19.3 Å². The van der Waals surface area contributed by atoms with Crippen molar-refractivity contribution in [2.75, 3.05) is 25.9 Å². The van der Waals surface area contributed by atoms with E-state index in [0.717, 1.165) is 11.6 Å². The third kappa shape index (κ3) is 2.96. The Morgan fingerprint density at radius 1 is 1.47 bits per heavy atom. The SMILES string of the molecule is CN1CCC(CCc2cccc(N)c2)C1. The van der Waals surface area contributed by atoms with Crippen molar-refractivity contribution in [1.82, 2.24) is 4.90 Å². The Hall–Kier alpha value is -1.02. The van der Waals surface area contributed by atoms with Gasteiger partial charge in [-0.2, -0.15) is 0 Å². The largest absolute Gasteiger partial charge is 0.399 e. The molecule has 1 aromatic carbocycles. The van der Waals surface area contributed by atoms with E-state index in [1.54, 1.807) is 0 Å². The lowest BCUT2D eigenvalue weighted by Gasteiger charge is -2.10. The molecule has 2 heteroatoms. The number of benzene rings is 1. The van der Waals surface area contributed by atoms with Crippen molar-refractivity contribution < 1.29 is 0 Å². The predicted octanol–water partition coefficient (Wildman–Crippen LogP) is 2.15. The standard InChI is InChI=1S/C13H20N2/c1-15-8-7-12(10-15)6-5-11-3-2-4-13(14)9-11/h2-4,9,12H,5-8,10,14H2,1H3. The van der Waals surface area contributed by atoms with Gasteiger partial charge in [-0.15, -0.1) is 0 Å². The monoisotopic (exact) mass is 204 g/mol. The summed E-state index contributed by atoms with van der Waals surface area (Å²) in [6.45, 7) is 2.53. The van der Waals surface area contributed by atoms with Gasteiger partial charge in [0.15, 0.2) is 0 Å². The van der Waals surface area contributed by atoms with E-state index in [1.807, 2.05) is 12.1 Å². The lowest BCUT2D eigenvalue weighted by Crippen LogP contribution is -2.14. The van der Waals surface area contributed by atoms with Gasteiger partial charge in [-0.3, -0.25) is 0 Å². The minimum absolute atomic E-state index is 0.885. The molecule has 1 aliphatic heterocycles. The first-order valence-corrected chi connectivity index (χ1v) is 5.77. The lowest BCUT2D eigenvalue weighted by molar-refractivity contribution is 0.388. The quantitative estimate of drug-likeness (QED) is 0.764. The zero-order valence-electron chi connectivity index (χ0n) is 9.45. The molecule has 0 spiro atoms. The molecule has 0 amide bonds. The molecule has 0 radical (unpaired) electrons. The Morgan fingerprint density at radius 3 is 3.00 bits per heavy atom.